The van der Waals surface area contributed by atoms with Crippen molar-refractivity contribution in [3.05, 3.63) is 41.1 Å². The van der Waals surface area contributed by atoms with Gasteiger partial charge in [-0.25, -0.2) is 8.42 Å². The Labute approximate surface area is 160 Å². The number of benzene rings is 1. The molecule has 1 fully saturated rings. The van der Waals surface area contributed by atoms with E-state index in [1.807, 2.05) is 39.8 Å². The van der Waals surface area contributed by atoms with Crippen LogP contribution in [-0.2, 0) is 9.84 Å². The van der Waals surface area contributed by atoms with Crippen LogP contribution in [0.2, 0.25) is 0 Å². The number of sulfone groups is 1. The SMILES string of the molecule is CC[C@H](C)NC(=O)c1cc(-c2ccc(C)c(C)c2)n([C@@H]2CCS(=O)(=O)C2)n1. The van der Waals surface area contributed by atoms with Crippen LogP contribution in [0.3, 0.4) is 0 Å². The van der Waals surface area contributed by atoms with Crippen LogP contribution in [0.25, 0.3) is 11.3 Å². The lowest BCUT2D eigenvalue weighted by atomic mass is 10.0. The standard InChI is InChI=1S/C20H27N3O3S/c1-5-15(4)21-20(24)18-11-19(16-7-6-13(2)14(3)10-16)23(22-18)17-8-9-27(25,26)12-17/h6-7,10-11,15,17H,5,8-9,12H2,1-4H3,(H,21,24)/t15-,17+/m0/s1. The highest BCUT2D eigenvalue weighted by Crippen LogP contribution is 2.31. The molecule has 146 valence electrons. The molecule has 2 atom stereocenters. The molecule has 2 heterocycles. The van der Waals surface area contributed by atoms with Crippen molar-refractivity contribution < 1.29 is 13.2 Å². The van der Waals surface area contributed by atoms with Gasteiger partial charge in [-0.2, -0.15) is 5.10 Å². The Morgan fingerprint density at radius 3 is 2.63 bits per heavy atom. The van der Waals surface area contributed by atoms with Crippen LogP contribution in [0.15, 0.2) is 24.3 Å². The van der Waals surface area contributed by atoms with Gasteiger partial charge >= 0.3 is 0 Å². The number of nitrogens with zero attached hydrogens (tertiary/aromatic N) is 2. The van der Waals surface area contributed by atoms with E-state index in [9.17, 15) is 13.2 Å². The summed E-state index contributed by atoms with van der Waals surface area (Å²) >= 11 is 0. The maximum absolute atomic E-state index is 12.6. The van der Waals surface area contributed by atoms with Crippen molar-refractivity contribution in [3.63, 3.8) is 0 Å². The topological polar surface area (TPSA) is 81.1 Å². The second kappa shape index (κ2) is 7.46. The van der Waals surface area contributed by atoms with Crippen molar-refractivity contribution in [3.8, 4) is 11.3 Å². The molecule has 1 aromatic carbocycles. The molecule has 1 aromatic heterocycles. The summed E-state index contributed by atoms with van der Waals surface area (Å²) in [6.45, 7) is 8.04. The molecule has 1 saturated heterocycles. The Hall–Kier alpha value is -2.15. The van der Waals surface area contributed by atoms with Gasteiger partial charge in [0.1, 0.15) is 0 Å². The number of aromatic nitrogens is 2. The van der Waals surface area contributed by atoms with Crippen LogP contribution < -0.4 is 5.32 Å². The lowest BCUT2D eigenvalue weighted by Gasteiger charge is -2.14. The number of aryl methyl sites for hydroxylation is 2. The average molecular weight is 390 g/mol. The first-order valence-corrected chi connectivity index (χ1v) is 11.2. The van der Waals surface area contributed by atoms with Gasteiger partial charge < -0.3 is 5.32 Å². The van der Waals surface area contributed by atoms with Crippen molar-refractivity contribution in [2.75, 3.05) is 11.5 Å². The van der Waals surface area contributed by atoms with Crippen molar-refractivity contribution in [1.29, 1.82) is 0 Å². The first kappa shape index (κ1) is 19.6. The molecule has 27 heavy (non-hydrogen) atoms. The Balaban J connectivity index is 2.04. The van der Waals surface area contributed by atoms with E-state index in [0.717, 1.165) is 23.2 Å². The molecule has 0 unspecified atom stereocenters. The minimum absolute atomic E-state index is 0.0552. The van der Waals surface area contributed by atoms with Crippen molar-refractivity contribution in [2.45, 2.75) is 52.6 Å². The molecular weight excluding hydrogens is 362 g/mol. The molecule has 2 aromatic rings. The summed E-state index contributed by atoms with van der Waals surface area (Å²) < 4.78 is 25.7. The van der Waals surface area contributed by atoms with E-state index in [0.29, 0.717) is 12.1 Å². The summed E-state index contributed by atoms with van der Waals surface area (Å²) in [7, 11) is -3.05. The van der Waals surface area contributed by atoms with Crippen LogP contribution in [0, 0.1) is 13.8 Å². The Kier molecular flexibility index (Phi) is 5.42. The van der Waals surface area contributed by atoms with Crippen LogP contribution in [0.1, 0.15) is 54.3 Å². The Bertz CT molecular complexity index is 963. The molecule has 0 aliphatic carbocycles. The number of nitrogens with one attached hydrogen (secondary N) is 1. The molecule has 6 nitrogen and oxygen atoms in total. The predicted molar refractivity (Wildman–Crippen MR) is 107 cm³/mol. The number of hydrogen-bond acceptors (Lipinski definition) is 4. The molecule has 0 bridgehead atoms. The van der Waals surface area contributed by atoms with Crippen LogP contribution in [-0.4, -0.2) is 41.7 Å². The summed E-state index contributed by atoms with van der Waals surface area (Å²) in [4.78, 5) is 12.6. The average Bonchev–Trinajstić information content (AvgIpc) is 3.20. The van der Waals surface area contributed by atoms with Gasteiger partial charge in [0, 0.05) is 11.6 Å². The molecule has 0 radical (unpaired) electrons. The number of hydrogen-bond donors (Lipinski definition) is 1. The summed E-state index contributed by atoms with van der Waals surface area (Å²) in [6.07, 6.45) is 1.35. The highest BCUT2D eigenvalue weighted by Gasteiger charge is 2.32. The zero-order valence-corrected chi connectivity index (χ0v) is 17.1. The fraction of sp³-hybridized carbons (Fsp3) is 0.500. The maximum Gasteiger partial charge on any atom is 0.272 e. The maximum atomic E-state index is 12.6. The highest BCUT2D eigenvalue weighted by molar-refractivity contribution is 7.91. The van der Waals surface area contributed by atoms with E-state index in [-0.39, 0.29) is 29.5 Å². The lowest BCUT2D eigenvalue weighted by Crippen LogP contribution is -2.32. The zero-order chi connectivity index (χ0) is 19.8. The van der Waals surface area contributed by atoms with Crippen LogP contribution in [0.5, 0.6) is 0 Å². The molecule has 1 amide bonds. The number of amides is 1. The van der Waals surface area contributed by atoms with Gasteiger partial charge in [-0.3, -0.25) is 9.48 Å². The number of carbonyl (C=O) groups excluding carboxylic acids is 1. The molecule has 1 aliphatic rings. The third-order valence-corrected chi connectivity index (χ3v) is 7.07. The quantitative estimate of drug-likeness (QED) is 0.852. The summed E-state index contributed by atoms with van der Waals surface area (Å²) in [5.41, 5.74) is 4.38. The molecule has 1 N–H and O–H groups in total. The minimum atomic E-state index is -3.05. The number of rotatable bonds is 5. The van der Waals surface area contributed by atoms with Gasteiger partial charge in [0.2, 0.25) is 0 Å². The fourth-order valence-electron chi connectivity index (χ4n) is 3.27. The molecular formula is C20H27N3O3S. The van der Waals surface area contributed by atoms with E-state index in [2.05, 4.69) is 16.5 Å². The van der Waals surface area contributed by atoms with Gasteiger partial charge in [-0.1, -0.05) is 19.1 Å². The van der Waals surface area contributed by atoms with E-state index in [4.69, 9.17) is 0 Å². The highest BCUT2D eigenvalue weighted by atomic mass is 32.2. The van der Waals surface area contributed by atoms with Crippen molar-refractivity contribution in [2.24, 2.45) is 0 Å². The largest absolute Gasteiger partial charge is 0.348 e. The lowest BCUT2D eigenvalue weighted by molar-refractivity contribution is 0.0933. The Morgan fingerprint density at radius 2 is 2.04 bits per heavy atom. The third kappa shape index (κ3) is 4.24. The smallest absolute Gasteiger partial charge is 0.272 e. The number of carbonyl (C=O) groups is 1. The van der Waals surface area contributed by atoms with E-state index in [1.54, 1.807) is 10.7 Å². The zero-order valence-electron chi connectivity index (χ0n) is 16.3. The first-order chi connectivity index (χ1) is 12.7. The van der Waals surface area contributed by atoms with E-state index in [1.165, 1.54) is 5.56 Å². The second-order valence-electron chi connectivity index (χ2n) is 7.50. The van der Waals surface area contributed by atoms with Crippen LogP contribution >= 0.6 is 0 Å². The van der Waals surface area contributed by atoms with Crippen LogP contribution in [0.4, 0.5) is 0 Å². The molecule has 3 rings (SSSR count). The second-order valence-corrected chi connectivity index (χ2v) is 9.73. The summed E-state index contributed by atoms with van der Waals surface area (Å²) in [6, 6.07) is 7.67. The predicted octanol–water partition coefficient (Wildman–Crippen LogP) is 3.05. The first-order valence-electron chi connectivity index (χ1n) is 9.38. The monoisotopic (exact) mass is 389 g/mol. The normalized spacial score (nSPS) is 19.8. The molecule has 0 spiro atoms. The molecule has 0 saturated carbocycles. The minimum Gasteiger partial charge on any atom is -0.348 e. The van der Waals surface area contributed by atoms with E-state index < -0.39 is 9.84 Å². The van der Waals surface area contributed by atoms with Gasteiger partial charge in [-0.15, -0.1) is 0 Å². The van der Waals surface area contributed by atoms with Crippen molar-refractivity contribution >= 4 is 15.7 Å². The van der Waals surface area contributed by atoms with Crippen molar-refractivity contribution in [1.82, 2.24) is 15.1 Å². The Morgan fingerprint density at radius 1 is 1.30 bits per heavy atom. The van der Waals surface area contributed by atoms with Gasteiger partial charge in [-0.05, 0) is 56.9 Å². The van der Waals surface area contributed by atoms with E-state index >= 15 is 0 Å². The van der Waals surface area contributed by atoms with Gasteiger partial charge in [0.05, 0.1) is 23.2 Å². The fourth-order valence-corrected chi connectivity index (χ4v) is 4.96. The third-order valence-electron chi connectivity index (χ3n) is 5.32. The molecule has 7 heteroatoms. The van der Waals surface area contributed by atoms with Gasteiger partial charge in [0.15, 0.2) is 15.5 Å². The summed E-state index contributed by atoms with van der Waals surface area (Å²) in [5, 5.41) is 7.45. The molecule has 1 aliphatic heterocycles. The van der Waals surface area contributed by atoms with Gasteiger partial charge in [0.25, 0.3) is 5.91 Å². The summed E-state index contributed by atoms with van der Waals surface area (Å²) in [5.74, 6) is 0.00563.